The van der Waals surface area contributed by atoms with Crippen LogP contribution in [0.4, 0.5) is 5.69 Å². The van der Waals surface area contributed by atoms with Crippen LogP contribution in [0, 0.1) is 0 Å². The monoisotopic (exact) mass is 488 g/mol. The number of aromatic nitrogens is 2. The number of hydrogen-bond donors (Lipinski definition) is 2. The van der Waals surface area contributed by atoms with E-state index < -0.39 is 0 Å². The molecule has 0 aliphatic carbocycles. The van der Waals surface area contributed by atoms with Crippen LogP contribution in [0.25, 0.3) is 0 Å². The van der Waals surface area contributed by atoms with Gasteiger partial charge in [-0.25, -0.2) is 4.98 Å². The second-order valence-electron chi connectivity index (χ2n) is 6.21. The van der Waals surface area contributed by atoms with E-state index in [9.17, 15) is 0 Å². The van der Waals surface area contributed by atoms with Crippen LogP contribution in [-0.2, 0) is 6.54 Å². The normalized spacial score (nSPS) is 17.1. The van der Waals surface area contributed by atoms with Crippen molar-refractivity contribution in [2.45, 2.75) is 25.4 Å². The highest BCUT2D eigenvalue weighted by Gasteiger charge is 2.23. The molecule has 26 heavy (non-hydrogen) atoms. The third-order valence-electron chi connectivity index (χ3n) is 4.37. The van der Waals surface area contributed by atoms with Crippen LogP contribution >= 0.6 is 35.6 Å². The van der Waals surface area contributed by atoms with E-state index >= 15 is 0 Å². The zero-order valence-electron chi connectivity index (χ0n) is 14.9. The van der Waals surface area contributed by atoms with E-state index in [1.807, 2.05) is 37.8 Å². The van der Waals surface area contributed by atoms with Gasteiger partial charge in [0.15, 0.2) is 5.96 Å². The van der Waals surface area contributed by atoms with Gasteiger partial charge in [0, 0.05) is 62.4 Å². The number of halogens is 2. The molecule has 0 bridgehead atoms. The smallest absolute Gasteiger partial charge is 0.191 e. The fourth-order valence-corrected chi connectivity index (χ4v) is 3.25. The van der Waals surface area contributed by atoms with Crippen LogP contribution in [0.15, 0.2) is 48.0 Å². The number of rotatable bonds is 6. The van der Waals surface area contributed by atoms with Gasteiger partial charge < -0.3 is 20.1 Å². The SMILES string of the molecule is CN=C(NCCCn1ccnc1)NC1CCN(c2cccc(Cl)c2)C1.I. The number of nitrogens with zero attached hydrogens (tertiary/aromatic N) is 4. The van der Waals surface area contributed by atoms with Gasteiger partial charge in [-0.1, -0.05) is 17.7 Å². The summed E-state index contributed by atoms with van der Waals surface area (Å²) in [6, 6.07) is 8.43. The first-order valence-corrected chi connectivity index (χ1v) is 9.06. The van der Waals surface area contributed by atoms with Crippen molar-refractivity contribution in [3.05, 3.63) is 48.0 Å². The highest BCUT2D eigenvalue weighted by molar-refractivity contribution is 14.0. The van der Waals surface area contributed by atoms with Gasteiger partial charge >= 0.3 is 0 Å². The maximum Gasteiger partial charge on any atom is 0.191 e. The second kappa shape index (κ2) is 10.6. The minimum atomic E-state index is 0. The van der Waals surface area contributed by atoms with E-state index in [0.29, 0.717) is 6.04 Å². The summed E-state index contributed by atoms with van der Waals surface area (Å²) in [5, 5.41) is 7.69. The van der Waals surface area contributed by atoms with E-state index in [-0.39, 0.29) is 24.0 Å². The lowest BCUT2D eigenvalue weighted by molar-refractivity contribution is 0.609. The summed E-state index contributed by atoms with van der Waals surface area (Å²) in [4.78, 5) is 10.7. The summed E-state index contributed by atoms with van der Waals surface area (Å²) >= 11 is 6.10. The molecule has 1 aliphatic rings. The first-order valence-electron chi connectivity index (χ1n) is 8.68. The molecule has 0 saturated carbocycles. The van der Waals surface area contributed by atoms with Gasteiger partial charge in [-0.3, -0.25) is 4.99 Å². The maximum absolute atomic E-state index is 6.10. The Morgan fingerprint density at radius 1 is 1.42 bits per heavy atom. The first kappa shape index (κ1) is 20.8. The highest BCUT2D eigenvalue weighted by atomic mass is 127. The summed E-state index contributed by atoms with van der Waals surface area (Å²) < 4.78 is 2.08. The van der Waals surface area contributed by atoms with E-state index in [4.69, 9.17) is 11.6 Å². The number of imidazole rings is 1. The van der Waals surface area contributed by atoms with Gasteiger partial charge in [0.05, 0.1) is 6.33 Å². The molecule has 0 radical (unpaired) electrons. The molecular formula is C18H26ClIN6. The van der Waals surface area contributed by atoms with E-state index in [0.717, 1.165) is 50.0 Å². The molecule has 1 aliphatic heterocycles. The third-order valence-corrected chi connectivity index (χ3v) is 4.61. The number of aliphatic imine (C=N–C) groups is 1. The lowest BCUT2D eigenvalue weighted by Crippen LogP contribution is -2.45. The Labute approximate surface area is 177 Å². The summed E-state index contributed by atoms with van der Waals surface area (Å²) in [6.45, 7) is 3.81. The van der Waals surface area contributed by atoms with Crippen molar-refractivity contribution >= 4 is 47.2 Å². The Morgan fingerprint density at radius 2 is 2.31 bits per heavy atom. The molecule has 8 heteroatoms. The standard InChI is InChI=1S/C18H25ClN6.HI/c1-20-18(22-7-3-9-24-11-8-21-14-24)23-16-6-10-25(13-16)17-5-2-4-15(19)12-17;/h2,4-5,8,11-12,14,16H,3,6-7,9-10,13H2,1H3,(H2,20,22,23);1H. The van der Waals surface area contributed by atoms with Gasteiger partial charge in [-0.2, -0.15) is 0 Å². The minimum absolute atomic E-state index is 0. The number of aryl methyl sites for hydroxylation is 1. The topological polar surface area (TPSA) is 57.5 Å². The minimum Gasteiger partial charge on any atom is -0.369 e. The van der Waals surface area contributed by atoms with Crippen molar-refractivity contribution in [2.75, 3.05) is 31.6 Å². The number of anilines is 1. The van der Waals surface area contributed by atoms with Crippen molar-refractivity contribution in [3.63, 3.8) is 0 Å². The van der Waals surface area contributed by atoms with Gasteiger partial charge in [-0.15, -0.1) is 24.0 Å². The molecule has 1 saturated heterocycles. The van der Waals surface area contributed by atoms with Gasteiger partial charge in [-0.05, 0) is 31.0 Å². The molecule has 1 fully saturated rings. The molecule has 3 rings (SSSR count). The van der Waals surface area contributed by atoms with E-state index in [1.54, 1.807) is 6.20 Å². The Hall–Kier alpha value is -1.48. The van der Waals surface area contributed by atoms with Crippen molar-refractivity contribution in [3.8, 4) is 0 Å². The molecule has 1 aromatic heterocycles. The predicted octanol–water partition coefficient (Wildman–Crippen LogP) is 2.99. The summed E-state index contributed by atoms with van der Waals surface area (Å²) in [7, 11) is 1.81. The van der Waals surface area contributed by atoms with Crippen molar-refractivity contribution < 1.29 is 0 Å². The van der Waals surface area contributed by atoms with Gasteiger partial charge in [0.2, 0.25) is 0 Å². The van der Waals surface area contributed by atoms with Crippen LogP contribution < -0.4 is 15.5 Å². The van der Waals surface area contributed by atoms with E-state index in [2.05, 4.69) is 36.1 Å². The summed E-state index contributed by atoms with van der Waals surface area (Å²) in [6.07, 6.45) is 7.74. The average Bonchev–Trinajstić information content (AvgIpc) is 3.29. The molecule has 2 aromatic rings. The highest BCUT2D eigenvalue weighted by Crippen LogP contribution is 2.23. The molecule has 2 N–H and O–H groups in total. The molecule has 6 nitrogen and oxygen atoms in total. The van der Waals surface area contributed by atoms with Crippen LogP contribution in [0.5, 0.6) is 0 Å². The Morgan fingerprint density at radius 3 is 3.04 bits per heavy atom. The van der Waals surface area contributed by atoms with Crippen molar-refractivity contribution in [1.29, 1.82) is 0 Å². The lowest BCUT2D eigenvalue weighted by atomic mass is 10.2. The zero-order valence-corrected chi connectivity index (χ0v) is 18.0. The Bertz CT molecular complexity index is 691. The van der Waals surface area contributed by atoms with Gasteiger partial charge in [0.25, 0.3) is 0 Å². The first-order chi connectivity index (χ1) is 12.2. The largest absolute Gasteiger partial charge is 0.369 e. The van der Waals surface area contributed by atoms with Crippen LogP contribution in [0.3, 0.4) is 0 Å². The number of guanidine groups is 1. The summed E-state index contributed by atoms with van der Waals surface area (Å²) in [5.74, 6) is 0.864. The van der Waals surface area contributed by atoms with Crippen molar-refractivity contribution in [2.24, 2.45) is 4.99 Å². The fourth-order valence-electron chi connectivity index (χ4n) is 3.06. The predicted molar refractivity (Wildman–Crippen MR) is 119 cm³/mol. The Kier molecular flexibility index (Phi) is 8.50. The number of hydrogen-bond acceptors (Lipinski definition) is 3. The quantitative estimate of drug-likeness (QED) is 0.284. The molecule has 142 valence electrons. The van der Waals surface area contributed by atoms with Crippen LogP contribution in [0.1, 0.15) is 12.8 Å². The summed E-state index contributed by atoms with van der Waals surface area (Å²) in [5.41, 5.74) is 1.18. The number of benzene rings is 1. The maximum atomic E-state index is 6.10. The zero-order chi connectivity index (χ0) is 17.5. The molecule has 2 heterocycles. The molecule has 1 aromatic carbocycles. The molecule has 1 unspecified atom stereocenters. The molecule has 0 amide bonds. The van der Waals surface area contributed by atoms with E-state index in [1.165, 1.54) is 5.69 Å². The Balaban J connectivity index is 0.00000243. The molecule has 1 atom stereocenters. The molecular weight excluding hydrogens is 463 g/mol. The second-order valence-corrected chi connectivity index (χ2v) is 6.65. The molecule has 0 spiro atoms. The third kappa shape index (κ3) is 6.05. The lowest BCUT2D eigenvalue weighted by Gasteiger charge is -2.20. The average molecular weight is 489 g/mol. The number of nitrogens with one attached hydrogen (secondary N) is 2. The van der Waals surface area contributed by atoms with Gasteiger partial charge in [0.1, 0.15) is 0 Å². The van der Waals surface area contributed by atoms with Crippen molar-refractivity contribution in [1.82, 2.24) is 20.2 Å². The van der Waals surface area contributed by atoms with Crippen LogP contribution in [-0.4, -0.2) is 48.2 Å². The fraction of sp³-hybridized carbons (Fsp3) is 0.444. The van der Waals surface area contributed by atoms with Crippen LogP contribution in [0.2, 0.25) is 5.02 Å².